The SMILES string of the molecule is CC(C)C[C@@H](C(=O)NN1C(=O)CCCC1=O)C(C/C=C/c1ccccc1)C(=O)NO. The van der Waals surface area contributed by atoms with Crippen LogP contribution in [0.2, 0.25) is 0 Å². The van der Waals surface area contributed by atoms with Gasteiger partial charge in [-0.25, -0.2) is 5.48 Å². The molecule has 8 heteroatoms. The molecule has 0 aliphatic carbocycles. The molecule has 3 N–H and O–H groups in total. The lowest BCUT2D eigenvalue weighted by Gasteiger charge is -2.30. The molecule has 30 heavy (non-hydrogen) atoms. The highest BCUT2D eigenvalue weighted by Crippen LogP contribution is 2.26. The third-order valence-corrected chi connectivity index (χ3v) is 5.00. The molecule has 1 aliphatic rings. The molecule has 162 valence electrons. The Bertz CT molecular complexity index is 775. The van der Waals surface area contributed by atoms with Crippen molar-refractivity contribution in [2.45, 2.75) is 46.0 Å². The minimum Gasteiger partial charge on any atom is -0.289 e. The summed E-state index contributed by atoms with van der Waals surface area (Å²) in [5.41, 5.74) is 4.98. The number of imide groups is 1. The molecule has 8 nitrogen and oxygen atoms in total. The molecule has 1 unspecified atom stereocenters. The zero-order valence-corrected chi connectivity index (χ0v) is 17.3. The van der Waals surface area contributed by atoms with Gasteiger partial charge >= 0.3 is 0 Å². The van der Waals surface area contributed by atoms with Crippen LogP contribution in [0.1, 0.15) is 51.5 Å². The van der Waals surface area contributed by atoms with E-state index in [-0.39, 0.29) is 25.2 Å². The third kappa shape index (κ3) is 6.52. The van der Waals surface area contributed by atoms with Crippen LogP contribution in [0.3, 0.4) is 0 Å². The van der Waals surface area contributed by atoms with Gasteiger partial charge in [0.25, 0.3) is 0 Å². The number of nitrogens with one attached hydrogen (secondary N) is 2. The van der Waals surface area contributed by atoms with Crippen molar-refractivity contribution in [3.05, 3.63) is 42.0 Å². The molecule has 0 spiro atoms. The van der Waals surface area contributed by atoms with Crippen molar-refractivity contribution in [3.63, 3.8) is 0 Å². The van der Waals surface area contributed by atoms with Crippen LogP contribution in [0, 0.1) is 17.8 Å². The Morgan fingerprint density at radius 1 is 1.07 bits per heavy atom. The quantitative estimate of drug-likeness (QED) is 0.325. The molecule has 0 bridgehead atoms. The Hall–Kier alpha value is -3.00. The van der Waals surface area contributed by atoms with Crippen molar-refractivity contribution in [2.75, 3.05) is 0 Å². The Morgan fingerprint density at radius 3 is 2.27 bits per heavy atom. The second kappa shape index (κ2) is 11.3. The smallest absolute Gasteiger partial charge is 0.248 e. The number of hydrogen-bond donors (Lipinski definition) is 3. The fourth-order valence-electron chi connectivity index (χ4n) is 3.49. The molecule has 1 fully saturated rings. The minimum atomic E-state index is -0.868. The predicted molar refractivity (Wildman–Crippen MR) is 110 cm³/mol. The lowest BCUT2D eigenvalue weighted by atomic mass is 9.82. The van der Waals surface area contributed by atoms with Crippen LogP contribution < -0.4 is 10.9 Å². The summed E-state index contributed by atoms with van der Waals surface area (Å²) in [5, 5.41) is 9.97. The molecule has 2 atom stereocenters. The molecule has 0 saturated carbocycles. The number of nitrogens with zero attached hydrogens (tertiary/aromatic N) is 1. The van der Waals surface area contributed by atoms with E-state index in [2.05, 4.69) is 5.43 Å². The van der Waals surface area contributed by atoms with Gasteiger partial charge in [-0.05, 0) is 30.7 Å². The molecule has 1 aromatic rings. The normalized spacial score (nSPS) is 16.6. The summed E-state index contributed by atoms with van der Waals surface area (Å²) in [4.78, 5) is 49.4. The summed E-state index contributed by atoms with van der Waals surface area (Å²) >= 11 is 0. The number of benzene rings is 1. The van der Waals surface area contributed by atoms with E-state index in [0.717, 1.165) is 10.6 Å². The van der Waals surface area contributed by atoms with E-state index < -0.39 is 35.5 Å². The minimum absolute atomic E-state index is 0.0700. The number of piperidine rings is 1. The Labute approximate surface area is 176 Å². The predicted octanol–water partition coefficient (Wildman–Crippen LogP) is 2.44. The molecule has 4 amide bonds. The van der Waals surface area contributed by atoms with Crippen molar-refractivity contribution in [1.29, 1.82) is 0 Å². The van der Waals surface area contributed by atoms with Gasteiger partial charge in [0.05, 0.1) is 11.8 Å². The number of carbonyl (C=O) groups excluding carboxylic acids is 4. The summed E-state index contributed by atoms with van der Waals surface area (Å²) in [6, 6.07) is 9.48. The molecular weight excluding hydrogens is 386 g/mol. The second-order valence-electron chi connectivity index (χ2n) is 7.82. The van der Waals surface area contributed by atoms with Crippen LogP contribution >= 0.6 is 0 Å². The van der Waals surface area contributed by atoms with Crippen molar-refractivity contribution >= 4 is 29.7 Å². The summed E-state index contributed by atoms with van der Waals surface area (Å²) in [7, 11) is 0. The number of rotatable bonds is 9. The van der Waals surface area contributed by atoms with Gasteiger partial charge in [0.2, 0.25) is 23.6 Å². The Balaban J connectivity index is 2.20. The number of hydroxylamine groups is 1. The summed E-state index contributed by atoms with van der Waals surface area (Å²) < 4.78 is 0. The van der Waals surface area contributed by atoms with Crippen LogP contribution in [0.25, 0.3) is 6.08 Å². The average molecular weight is 415 g/mol. The van der Waals surface area contributed by atoms with E-state index in [4.69, 9.17) is 0 Å². The highest BCUT2D eigenvalue weighted by atomic mass is 16.5. The molecule has 1 aromatic carbocycles. The van der Waals surface area contributed by atoms with E-state index in [1.807, 2.05) is 50.3 Å². The first-order valence-corrected chi connectivity index (χ1v) is 10.1. The van der Waals surface area contributed by atoms with Crippen molar-refractivity contribution < 1.29 is 24.4 Å². The fourth-order valence-corrected chi connectivity index (χ4v) is 3.49. The van der Waals surface area contributed by atoms with Crippen LogP contribution in [0.5, 0.6) is 0 Å². The van der Waals surface area contributed by atoms with Gasteiger partial charge in [-0.1, -0.05) is 56.3 Å². The molecule has 0 radical (unpaired) electrons. The van der Waals surface area contributed by atoms with Gasteiger partial charge < -0.3 is 0 Å². The zero-order chi connectivity index (χ0) is 22.1. The van der Waals surface area contributed by atoms with Crippen LogP contribution in [0.15, 0.2) is 36.4 Å². The zero-order valence-electron chi connectivity index (χ0n) is 17.3. The van der Waals surface area contributed by atoms with E-state index in [1.165, 1.54) is 0 Å². The van der Waals surface area contributed by atoms with Gasteiger partial charge in [0, 0.05) is 12.8 Å². The summed E-state index contributed by atoms with van der Waals surface area (Å²) in [5.74, 6) is -3.84. The van der Waals surface area contributed by atoms with E-state index >= 15 is 0 Å². The Morgan fingerprint density at radius 2 is 1.70 bits per heavy atom. The first-order valence-electron chi connectivity index (χ1n) is 10.1. The van der Waals surface area contributed by atoms with Gasteiger partial charge in [0.15, 0.2) is 0 Å². The van der Waals surface area contributed by atoms with E-state index in [1.54, 1.807) is 11.6 Å². The Kier molecular flexibility index (Phi) is 8.73. The van der Waals surface area contributed by atoms with Gasteiger partial charge in [-0.15, -0.1) is 0 Å². The molecule has 1 aliphatic heterocycles. The lowest BCUT2D eigenvalue weighted by Crippen LogP contribution is -2.54. The monoisotopic (exact) mass is 415 g/mol. The highest BCUT2D eigenvalue weighted by Gasteiger charge is 2.36. The number of allylic oxidation sites excluding steroid dienone is 1. The largest absolute Gasteiger partial charge is 0.289 e. The fraction of sp³-hybridized carbons (Fsp3) is 0.455. The maximum atomic E-state index is 13.0. The molecule has 2 rings (SSSR count). The van der Waals surface area contributed by atoms with Gasteiger partial charge in [0.1, 0.15) is 0 Å². The number of amides is 4. The van der Waals surface area contributed by atoms with Crippen molar-refractivity contribution in [3.8, 4) is 0 Å². The standard InChI is InChI=1S/C22H29N3O5/c1-15(2)14-18(21(28)23-25-19(26)12-7-13-20(25)27)17(22(29)24-30)11-6-10-16-8-4-3-5-9-16/h3-6,8-10,15,17-18,30H,7,11-14H2,1-2H3,(H,23,28)(H,24,29)/b10-6+/t17?,18-/m1/s1. The first-order chi connectivity index (χ1) is 14.3. The lowest BCUT2D eigenvalue weighted by molar-refractivity contribution is -0.158. The van der Waals surface area contributed by atoms with E-state index in [9.17, 15) is 24.4 Å². The van der Waals surface area contributed by atoms with Crippen molar-refractivity contribution in [2.24, 2.45) is 17.8 Å². The number of hydrazine groups is 1. The maximum absolute atomic E-state index is 13.0. The second-order valence-corrected chi connectivity index (χ2v) is 7.82. The highest BCUT2D eigenvalue weighted by molar-refractivity contribution is 5.99. The van der Waals surface area contributed by atoms with Crippen LogP contribution in [0.4, 0.5) is 0 Å². The maximum Gasteiger partial charge on any atom is 0.248 e. The van der Waals surface area contributed by atoms with Crippen molar-refractivity contribution in [1.82, 2.24) is 15.9 Å². The molecule has 0 aromatic heterocycles. The number of carbonyl (C=O) groups is 4. The van der Waals surface area contributed by atoms with Crippen LogP contribution in [-0.4, -0.2) is 33.8 Å². The first kappa shape index (κ1) is 23.3. The number of hydrogen-bond acceptors (Lipinski definition) is 5. The summed E-state index contributed by atoms with van der Waals surface area (Å²) in [6.45, 7) is 3.82. The summed E-state index contributed by atoms with van der Waals surface area (Å²) in [6.07, 6.45) is 4.97. The van der Waals surface area contributed by atoms with Gasteiger partial charge in [-0.3, -0.25) is 29.8 Å². The third-order valence-electron chi connectivity index (χ3n) is 5.00. The molecular formula is C22H29N3O5. The molecule has 1 saturated heterocycles. The topological polar surface area (TPSA) is 116 Å². The van der Waals surface area contributed by atoms with Crippen LogP contribution in [-0.2, 0) is 19.2 Å². The average Bonchev–Trinajstić information content (AvgIpc) is 2.72. The molecule has 1 heterocycles. The van der Waals surface area contributed by atoms with Gasteiger partial charge in [-0.2, -0.15) is 5.01 Å². The van der Waals surface area contributed by atoms with E-state index in [0.29, 0.717) is 12.8 Å².